The number of pyridine rings is 2. The molecule has 208 valence electrons. The van der Waals surface area contributed by atoms with Crippen LogP contribution in [0.4, 0.5) is 13.2 Å². The summed E-state index contributed by atoms with van der Waals surface area (Å²) in [5.41, 5.74) is -0.545. The van der Waals surface area contributed by atoms with E-state index in [1.54, 1.807) is 16.7 Å². The van der Waals surface area contributed by atoms with Gasteiger partial charge in [-0.1, -0.05) is 23.7 Å². The topological polar surface area (TPSA) is 119 Å². The lowest BCUT2D eigenvalue weighted by molar-refractivity contribution is -0.141. The third-order valence-electron chi connectivity index (χ3n) is 7.05. The van der Waals surface area contributed by atoms with Crippen LogP contribution in [0.15, 0.2) is 59.7 Å². The molecule has 3 aromatic heterocycles. The highest BCUT2D eigenvalue weighted by molar-refractivity contribution is 6.30. The number of imidazole rings is 1. The summed E-state index contributed by atoms with van der Waals surface area (Å²) in [5, 5.41) is 11.7. The van der Waals surface area contributed by atoms with Gasteiger partial charge in [0.1, 0.15) is 5.69 Å². The van der Waals surface area contributed by atoms with Crippen molar-refractivity contribution >= 4 is 34.5 Å². The summed E-state index contributed by atoms with van der Waals surface area (Å²) in [5.74, 6) is -1.96. The Balaban J connectivity index is 1.30. The van der Waals surface area contributed by atoms with E-state index in [-0.39, 0.29) is 28.4 Å². The maximum atomic E-state index is 13.5. The lowest BCUT2D eigenvalue weighted by Crippen LogP contribution is -2.39. The Bertz CT molecular complexity index is 1640. The molecule has 1 amide bonds. The summed E-state index contributed by atoms with van der Waals surface area (Å²) in [7, 11) is 0. The molecule has 40 heavy (non-hydrogen) atoms. The quantitative estimate of drug-likeness (QED) is 0.337. The van der Waals surface area contributed by atoms with Crippen molar-refractivity contribution in [2.45, 2.75) is 44.4 Å². The van der Waals surface area contributed by atoms with Crippen LogP contribution < -0.4 is 11.0 Å². The Hall–Kier alpha value is -4.19. The number of hydrogen-bond donors (Lipinski definition) is 2. The number of nitrogens with one attached hydrogen (secondary N) is 1. The van der Waals surface area contributed by atoms with Crippen molar-refractivity contribution in [2.75, 3.05) is 0 Å². The van der Waals surface area contributed by atoms with Gasteiger partial charge in [0, 0.05) is 18.8 Å². The highest BCUT2D eigenvalue weighted by Crippen LogP contribution is 2.32. The number of alkyl halides is 3. The molecule has 0 spiro atoms. The number of hydrogen-bond acceptors (Lipinski definition) is 5. The van der Waals surface area contributed by atoms with Gasteiger partial charge in [-0.2, -0.15) is 13.2 Å². The fourth-order valence-electron chi connectivity index (χ4n) is 5.13. The summed E-state index contributed by atoms with van der Waals surface area (Å²) in [6, 6.07) is 10.7. The van der Waals surface area contributed by atoms with E-state index in [1.807, 2.05) is 12.1 Å². The molecule has 0 aliphatic heterocycles. The zero-order chi connectivity index (χ0) is 28.6. The first-order chi connectivity index (χ1) is 19.0. The van der Waals surface area contributed by atoms with Crippen molar-refractivity contribution in [1.29, 1.82) is 0 Å². The smallest absolute Gasteiger partial charge is 0.434 e. The number of fused-ring (bicyclic) bond motifs is 1. The Morgan fingerprint density at radius 3 is 2.35 bits per heavy atom. The van der Waals surface area contributed by atoms with E-state index in [0.717, 1.165) is 12.3 Å². The number of nitrogens with zero attached hydrogens (tertiary/aromatic N) is 4. The van der Waals surface area contributed by atoms with Gasteiger partial charge in [0.2, 0.25) is 0 Å². The molecule has 1 saturated carbocycles. The van der Waals surface area contributed by atoms with Crippen molar-refractivity contribution in [2.24, 2.45) is 5.92 Å². The number of halogens is 4. The maximum Gasteiger partial charge on any atom is 0.434 e. The number of amides is 1. The molecular formula is C27H23ClF3N5O4. The third kappa shape index (κ3) is 5.44. The van der Waals surface area contributed by atoms with Crippen LogP contribution in [0.25, 0.3) is 16.7 Å². The number of para-hydroxylation sites is 2. The van der Waals surface area contributed by atoms with Gasteiger partial charge in [-0.05, 0) is 61.9 Å². The summed E-state index contributed by atoms with van der Waals surface area (Å²) in [6.07, 6.45) is -0.255. The molecular weight excluding hydrogens is 551 g/mol. The largest absolute Gasteiger partial charge is 0.477 e. The highest BCUT2D eigenvalue weighted by atomic mass is 35.5. The van der Waals surface area contributed by atoms with Gasteiger partial charge >= 0.3 is 17.8 Å². The molecule has 0 bridgehead atoms. The number of carboxylic acids is 1. The minimum Gasteiger partial charge on any atom is -0.477 e. The average Bonchev–Trinajstić information content (AvgIpc) is 3.20. The van der Waals surface area contributed by atoms with E-state index < -0.39 is 29.3 Å². The van der Waals surface area contributed by atoms with Crippen molar-refractivity contribution in [3.63, 3.8) is 0 Å². The van der Waals surface area contributed by atoms with Gasteiger partial charge in [0.25, 0.3) is 5.91 Å². The number of carboxylic acid groups (broad SMARTS) is 1. The minimum absolute atomic E-state index is 0.0694. The Labute approximate surface area is 230 Å². The standard InChI is InChI=1S/C27H23ClF3N5O4/c28-16-11-19(23(33-12-16)27(29,30)31)24(37)34-17-7-5-15(6-8-17)14-35-21-3-1-2-4-22(21)36(26(35)40)18-9-10-20(25(38)39)32-13-18/h1-4,9-13,15,17H,5-8,14H2,(H,34,37)(H,38,39)/t15-,17-. The highest BCUT2D eigenvalue weighted by Gasteiger charge is 2.38. The van der Waals surface area contributed by atoms with Crippen LogP contribution >= 0.6 is 11.6 Å². The fourth-order valence-corrected chi connectivity index (χ4v) is 5.29. The number of rotatable bonds is 6. The lowest BCUT2D eigenvalue weighted by Gasteiger charge is -2.29. The summed E-state index contributed by atoms with van der Waals surface area (Å²) >= 11 is 5.80. The first-order valence-electron chi connectivity index (χ1n) is 12.5. The van der Waals surface area contributed by atoms with Gasteiger partial charge in [-0.15, -0.1) is 0 Å². The van der Waals surface area contributed by atoms with Crippen LogP contribution in [0.3, 0.4) is 0 Å². The molecule has 1 aromatic carbocycles. The normalized spacial score (nSPS) is 17.6. The van der Waals surface area contributed by atoms with E-state index in [1.165, 1.54) is 22.9 Å². The zero-order valence-electron chi connectivity index (χ0n) is 20.9. The van der Waals surface area contributed by atoms with Crippen molar-refractivity contribution in [3.05, 3.63) is 87.3 Å². The number of carbonyl (C=O) groups excluding carboxylic acids is 1. The number of carbonyl (C=O) groups is 2. The summed E-state index contributed by atoms with van der Waals surface area (Å²) in [4.78, 5) is 44.6. The molecule has 3 heterocycles. The SMILES string of the molecule is O=C(O)c1ccc(-n2c(=O)n(C[C@H]3CC[C@H](NC(=O)c4cc(Cl)cnc4C(F)(F)F)CC3)c3ccccc32)cn1. The molecule has 0 saturated heterocycles. The van der Waals surface area contributed by atoms with Gasteiger partial charge in [0.15, 0.2) is 5.69 Å². The second-order valence-corrected chi connectivity index (χ2v) is 10.1. The molecule has 13 heteroatoms. The number of aromatic carboxylic acids is 1. The molecule has 1 aliphatic carbocycles. The van der Waals surface area contributed by atoms with Crippen molar-refractivity contribution in [3.8, 4) is 5.69 Å². The van der Waals surface area contributed by atoms with Crippen LogP contribution in [0.5, 0.6) is 0 Å². The molecule has 4 aromatic rings. The molecule has 1 fully saturated rings. The third-order valence-corrected chi connectivity index (χ3v) is 7.26. The first-order valence-corrected chi connectivity index (χ1v) is 12.8. The molecule has 1 aliphatic rings. The van der Waals surface area contributed by atoms with Crippen LogP contribution in [0.1, 0.15) is 52.2 Å². The molecule has 0 radical (unpaired) electrons. The summed E-state index contributed by atoms with van der Waals surface area (Å²) in [6.45, 7) is 0.407. The Kier molecular flexibility index (Phi) is 7.37. The van der Waals surface area contributed by atoms with E-state index >= 15 is 0 Å². The van der Waals surface area contributed by atoms with Crippen LogP contribution in [0, 0.1) is 5.92 Å². The molecule has 0 unspecified atom stereocenters. The van der Waals surface area contributed by atoms with Gasteiger partial charge in [-0.3, -0.25) is 13.9 Å². The van der Waals surface area contributed by atoms with Crippen molar-refractivity contribution in [1.82, 2.24) is 24.4 Å². The molecule has 9 nitrogen and oxygen atoms in total. The number of aromatic nitrogens is 4. The second-order valence-electron chi connectivity index (χ2n) is 9.66. The van der Waals surface area contributed by atoms with Crippen LogP contribution in [-0.2, 0) is 12.7 Å². The first kappa shape index (κ1) is 27.4. The minimum atomic E-state index is -4.80. The molecule has 0 atom stereocenters. The van der Waals surface area contributed by atoms with E-state index in [9.17, 15) is 27.6 Å². The predicted molar refractivity (Wildman–Crippen MR) is 140 cm³/mol. The van der Waals surface area contributed by atoms with Gasteiger partial charge in [0.05, 0.1) is 33.5 Å². The summed E-state index contributed by atoms with van der Waals surface area (Å²) < 4.78 is 43.2. The van der Waals surface area contributed by atoms with Crippen LogP contribution in [-0.4, -0.2) is 42.1 Å². The lowest BCUT2D eigenvalue weighted by atomic mass is 9.85. The van der Waals surface area contributed by atoms with E-state index in [2.05, 4.69) is 15.3 Å². The average molecular weight is 574 g/mol. The van der Waals surface area contributed by atoms with E-state index in [4.69, 9.17) is 16.7 Å². The Morgan fingerprint density at radius 2 is 1.73 bits per heavy atom. The van der Waals surface area contributed by atoms with E-state index in [0.29, 0.717) is 48.9 Å². The second kappa shape index (κ2) is 10.8. The zero-order valence-corrected chi connectivity index (χ0v) is 21.6. The Morgan fingerprint density at radius 1 is 1.02 bits per heavy atom. The predicted octanol–water partition coefficient (Wildman–Crippen LogP) is 4.94. The molecule has 2 N–H and O–H groups in total. The van der Waals surface area contributed by atoms with Crippen LogP contribution in [0.2, 0.25) is 5.02 Å². The monoisotopic (exact) mass is 573 g/mol. The maximum absolute atomic E-state index is 13.5. The number of benzene rings is 1. The molecule has 5 rings (SSSR count). The van der Waals surface area contributed by atoms with Crippen molar-refractivity contribution < 1.29 is 27.9 Å². The van der Waals surface area contributed by atoms with Gasteiger partial charge in [-0.25, -0.2) is 19.6 Å². The van der Waals surface area contributed by atoms with Gasteiger partial charge < -0.3 is 10.4 Å². The fraction of sp³-hybridized carbons (Fsp3) is 0.296.